The lowest BCUT2D eigenvalue weighted by molar-refractivity contribution is 0.0695. The van der Waals surface area contributed by atoms with Gasteiger partial charge in [0.2, 0.25) is 0 Å². The molecule has 1 rings (SSSR count). The second-order valence-corrected chi connectivity index (χ2v) is 5.00. The fraction of sp³-hybridized carbons (Fsp3) is 0.500. The standard InChI is InChI=1S/C10H15NO4S/c1-7-9(10(12)13)5-8(15-7)6-11-3-4-16(2)14/h5,11H,3-4,6H2,1-2H3,(H,12,13). The maximum atomic E-state index is 10.8. The van der Waals surface area contributed by atoms with Crippen LogP contribution in [0.4, 0.5) is 0 Å². The van der Waals surface area contributed by atoms with Crippen molar-refractivity contribution in [3.8, 4) is 0 Å². The van der Waals surface area contributed by atoms with E-state index in [2.05, 4.69) is 5.32 Å². The highest BCUT2D eigenvalue weighted by Gasteiger charge is 2.12. The van der Waals surface area contributed by atoms with Crippen molar-refractivity contribution in [2.75, 3.05) is 18.6 Å². The molecule has 1 heterocycles. The Balaban J connectivity index is 2.46. The third kappa shape index (κ3) is 3.79. The lowest BCUT2D eigenvalue weighted by atomic mass is 10.2. The Labute approximate surface area is 96.3 Å². The van der Waals surface area contributed by atoms with Gasteiger partial charge in [-0.15, -0.1) is 0 Å². The van der Waals surface area contributed by atoms with E-state index in [4.69, 9.17) is 9.52 Å². The molecule has 90 valence electrons. The van der Waals surface area contributed by atoms with Gasteiger partial charge in [0.15, 0.2) is 0 Å². The minimum atomic E-state index is -0.984. The van der Waals surface area contributed by atoms with E-state index in [1.165, 1.54) is 6.07 Å². The highest BCUT2D eigenvalue weighted by Crippen LogP contribution is 2.14. The van der Waals surface area contributed by atoms with Gasteiger partial charge in [-0.25, -0.2) is 4.79 Å². The van der Waals surface area contributed by atoms with Gasteiger partial charge in [0, 0.05) is 29.4 Å². The van der Waals surface area contributed by atoms with Crippen molar-refractivity contribution in [3.63, 3.8) is 0 Å². The van der Waals surface area contributed by atoms with E-state index >= 15 is 0 Å². The van der Waals surface area contributed by atoms with Crippen LogP contribution in [0.15, 0.2) is 10.5 Å². The third-order valence-electron chi connectivity index (χ3n) is 2.06. The summed E-state index contributed by atoms with van der Waals surface area (Å²) in [6, 6.07) is 1.51. The average molecular weight is 245 g/mol. The van der Waals surface area contributed by atoms with Crippen LogP contribution in [-0.4, -0.2) is 33.8 Å². The molecule has 1 aromatic heterocycles. The normalized spacial score (nSPS) is 12.6. The van der Waals surface area contributed by atoms with E-state index in [0.29, 0.717) is 30.4 Å². The summed E-state index contributed by atoms with van der Waals surface area (Å²) in [5, 5.41) is 11.8. The fourth-order valence-electron chi connectivity index (χ4n) is 1.27. The van der Waals surface area contributed by atoms with E-state index in [-0.39, 0.29) is 5.56 Å². The Hall–Kier alpha value is -1.14. The van der Waals surface area contributed by atoms with E-state index in [0.717, 1.165) is 0 Å². The predicted molar refractivity (Wildman–Crippen MR) is 61.0 cm³/mol. The van der Waals surface area contributed by atoms with Gasteiger partial charge in [-0.2, -0.15) is 0 Å². The topological polar surface area (TPSA) is 79.5 Å². The molecule has 0 bridgehead atoms. The number of nitrogens with one attached hydrogen (secondary N) is 1. The molecular weight excluding hydrogens is 230 g/mol. The molecule has 0 aliphatic carbocycles. The molecule has 6 heteroatoms. The number of carbonyl (C=O) groups is 1. The van der Waals surface area contributed by atoms with Crippen LogP contribution in [-0.2, 0) is 17.3 Å². The van der Waals surface area contributed by atoms with Crippen molar-refractivity contribution in [2.45, 2.75) is 13.5 Å². The predicted octanol–water partition coefficient (Wildman–Crippen LogP) is 0.754. The van der Waals surface area contributed by atoms with Gasteiger partial charge in [-0.3, -0.25) is 4.21 Å². The molecule has 0 radical (unpaired) electrons. The molecule has 0 aliphatic heterocycles. The summed E-state index contributed by atoms with van der Waals surface area (Å²) >= 11 is 0. The molecule has 5 nitrogen and oxygen atoms in total. The van der Waals surface area contributed by atoms with E-state index in [9.17, 15) is 9.00 Å². The second-order valence-electron chi connectivity index (χ2n) is 3.44. The van der Waals surface area contributed by atoms with Gasteiger partial charge in [-0.05, 0) is 13.0 Å². The van der Waals surface area contributed by atoms with Crippen LogP contribution in [0.1, 0.15) is 21.9 Å². The van der Waals surface area contributed by atoms with Crippen LogP contribution < -0.4 is 5.32 Å². The summed E-state index contributed by atoms with van der Waals surface area (Å²) in [7, 11) is -0.817. The molecule has 0 saturated carbocycles. The van der Waals surface area contributed by atoms with Crippen LogP contribution in [0.25, 0.3) is 0 Å². The molecule has 1 atom stereocenters. The zero-order chi connectivity index (χ0) is 12.1. The van der Waals surface area contributed by atoms with E-state index in [1.807, 2.05) is 0 Å². The molecule has 1 aromatic rings. The molecule has 0 spiro atoms. The minimum absolute atomic E-state index is 0.191. The Kier molecular flexibility index (Phi) is 4.70. The molecule has 0 aliphatic rings. The van der Waals surface area contributed by atoms with Crippen molar-refractivity contribution in [2.24, 2.45) is 0 Å². The van der Waals surface area contributed by atoms with Crippen molar-refractivity contribution < 1.29 is 18.5 Å². The first-order valence-electron chi connectivity index (χ1n) is 4.84. The van der Waals surface area contributed by atoms with Crippen molar-refractivity contribution in [3.05, 3.63) is 23.2 Å². The first-order valence-corrected chi connectivity index (χ1v) is 6.56. The smallest absolute Gasteiger partial charge is 0.339 e. The maximum absolute atomic E-state index is 10.8. The Morgan fingerprint density at radius 3 is 2.81 bits per heavy atom. The van der Waals surface area contributed by atoms with E-state index < -0.39 is 16.8 Å². The summed E-state index contributed by atoms with van der Waals surface area (Å²) in [6.45, 7) is 2.69. The molecule has 0 fully saturated rings. The molecule has 0 amide bonds. The van der Waals surface area contributed by atoms with Gasteiger partial charge >= 0.3 is 5.97 Å². The van der Waals surface area contributed by atoms with Crippen molar-refractivity contribution in [1.29, 1.82) is 0 Å². The lowest BCUT2D eigenvalue weighted by Gasteiger charge is -1.99. The number of furan rings is 1. The summed E-state index contributed by atoms with van der Waals surface area (Å²) in [5.41, 5.74) is 0.191. The summed E-state index contributed by atoms with van der Waals surface area (Å²) < 4.78 is 16.0. The van der Waals surface area contributed by atoms with Crippen LogP contribution in [0.3, 0.4) is 0 Å². The first kappa shape index (κ1) is 12.9. The summed E-state index contributed by atoms with van der Waals surface area (Å²) in [5.74, 6) is 0.577. The Bertz CT molecular complexity index is 400. The molecule has 0 aromatic carbocycles. The highest BCUT2D eigenvalue weighted by atomic mass is 32.2. The molecule has 2 N–H and O–H groups in total. The lowest BCUT2D eigenvalue weighted by Crippen LogP contribution is -2.19. The maximum Gasteiger partial charge on any atom is 0.339 e. The molecular formula is C10H15NO4S. The molecule has 16 heavy (non-hydrogen) atoms. The largest absolute Gasteiger partial charge is 0.478 e. The van der Waals surface area contributed by atoms with E-state index in [1.54, 1.807) is 13.2 Å². The number of hydrogen-bond donors (Lipinski definition) is 2. The summed E-state index contributed by atoms with van der Waals surface area (Å²) in [4.78, 5) is 10.7. The van der Waals surface area contributed by atoms with Crippen LogP contribution in [0.5, 0.6) is 0 Å². The zero-order valence-electron chi connectivity index (χ0n) is 9.28. The van der Waals surface area contributed by atoms with Gasteiger partial charge in [0.25, 0.3) is 0 Å². The number of carboxylic acids is 1. The SMILES string of the molecule is Cc1oc(CNCCS(C)=O)cc1C(=O)O. The minimum Gasteiger partial charge on any atom is -0.478 e. The second kappa shape index (κ2) is 5.81. The number of hydrogen-bond acceptors (Lipinski definition) is 4. The Morgan fingerprint density at radius 2 is 2.31 bits per heavy atom. The fourth-order valence-corrected chi connectivity index (χ4v) is 1.70. The number of aryl methyl sites for hydroxylation is 1. The zero-order valence-corrected chi connectivity index (χ0v) is 10.1. The van der Waals surface area contributed by atoms with Gasteiger partial charge in [0.1, 0.15) is 17.1 Å². The number of carboxylic acid groups (broad SMARTS) is 1. The van der Waals surface area contributed by atoms with Crippen molar-refractivity contribution in [1.82, 2.24) is 5.32 Å². The van der Waals surface area contributed by atoms with Gasteiger partial charge in [-0.1, -0.05) is 0 Å². The third-order valence-corrected chi connectivity index (χ3v) is 2.84. The van der Waals surface area contributed by atoms with Gasteiger partial charge in [0.05, 0.1) is 6.54 Å². The first-order chi connectivity index (χ1) is 7.50. The highest BCUT2D eigenvalue weighted by molar-refractivity contribution is 7.84. The number of aromatic carboxylic acids is 1. The van der Waals surface area contributed by atoms with Crippen LogP contribution >= 0.6 is 0 Å². The summed E-state index contributed by atoms with van der Waals surface area (Å²) in [6.07, 6.45) is 1.64. The van der Waals surface area contributed by atoms with Crippen molar-refractivity contribution >= 4 is 16.8 Å². The number of rotatable bonds is 6. The average Bonchev–Trinajstić information content (AvgIpc) is 2.54. The van der Waals surface area contributed by atoms with Crippen LogP contribution in [0.2, 0.25) is 0 Å². The molecule has 1 unspecified atom stereocenters. The quantitative estimate of drug-likeness (QED) is 0.723. The van der Waals surface area contributed by atoms with Crippen LogP contribution in [0, 0.1) is 6.92 Å². The monoisotopic (exact) mass is 245 g/mol. The van der Waals surface area contributed by atoms with Gasteiger partial charge < -0.3 is 14.8 Å². The Morgan fingerprint density at radius 1 is 1.62 bits per heavy atom. The molecule has 0 saturated heterocycles.